The van der Waals surface area contributed by atoms with Gasteiger partial charge >= 0.3 is 6.16 Å². The van der Waals surface area contributed by atoms with Gasteiger partial charge in [0.15, 0.2) is 5.82 Å². The van der Waals surface area contributed by atoms with Crippen molar-refractivity contribution in [3.63, 3.8) is 0 Å². The second kappa shape index (κ2) is 8.06. The predicted octanol–water partition coefficient (Wildman–Crippen LogP) is 0.853. The lowest BCUT2D eigenvalue weighted by atomic mass is 9.96. The number of carbonyl (C=O) groups is 1. The molecule has 2 aromatic rings. The molecule has 2 aliphatic rings. The van der Waals surface area contributed by atoms with Crippen molar-refractivity contribution >= 4 is 17.5 Å². The molecule has 1 saturated carbocycles. The maximum atomic E-state index is 12.0. The van der Waals surface area contributed by atoms with E-state index in [1.54, 1.807) is 12.1 Å². The number of aliphatic hydroxyl groups is 2. The number of nitrogens with two attached hydrogens (primary N) is 1. The van der Waals surface area contributed by atoms with Crippen LogP contribution in [0.25, 0.3) is 5.52 Å². The van der Waals surface area contributed by atoms with E-state index >= 15 is 0 Å². The number of ether oxygens (including phenoxy) is 3. The molecule has 0 radical (unpaired) electrons. The van der Waals surface area contributed by atoms with Crippen molar-refractivity contribution in [1.29, 1.82) is 5.26 Å². The molecule has 0 bridgehead atoms. The maximum absolute atomic E-state index is 12.0. The molecule has 1 aliphatic carbocycles. The minimum absolute atomic E-state index is 0.214. The molecule has 0 amide bonds. The lowest BCUT2D eigenvalue weighted by Crippen LogP contribution is -2.46. The minimum atomic E-state index is -1.96. The van der Waals surface area contributed by atoms with Gasteiger partial charge in [0.1, 0.15) is 48.9 Å². The molecule has 1 aliphatic heterocycles. The van der Waals surface area contributed by atoms with Gasteiger partial charge in [-0.15, -0.1) is 0 Å². The Labute approximate surface area is 172 Å². The number of rotatable bonds is 4. The average Bonchev–Trinajstić information content (AvgIpc) is 3.29. The first-order chi connectivity index (χ1) is 14.4. The Morgan fingerprint density at radius 2 is 2.13 bits per heavy atom. The smallest absolute Gasteiger partial charge is 0.431 e. The van der Waals surface area contributed by atoms with Crippen LogP contribution in [-0.4, -0.2) is 61.5 Å². The maximum Gasteiger partial charge on any atom is 0.508 e. The molecule has 4 N–H and O–H groups in total. The number of nitrogens with zero attached hydrogens (tertiary/aromatic N) is 4. The van der Waals surface area contributed by atoms with Crippen molar-refractivity contribution in [3.05, 3.63) is 24.2 Å². The summed E-state index contributed by atoms with van der Waals surface area (Å²) in [5.41, 5.74) is 4.71. The van der Waals surface area contributed by atoms with Crippen LogP contribution in [0.15, 0.2) is 18.5 Å². The fourth-order valence-electron chi connectivity index (χ4n) is 3.99. The molecule has 0 aromatic carbocycles. The molecule has 4 rings (SSSR count). The van der Waals surface area contributed by atoms with Crippen LogP contribution in [0.4, 0.5) is 10.6 Å². The largest absolute Gasteiger partial charge is 0.508 e. The summed E-state index contributed by atoms with van der Waals surface area (Å²) in [6, 6.07) is 5.08. The number of aliphatic hydroxyl groups excluding tert-OH is 2. The number of aromatic nitrogens is 3. The molecular formula is C19H23N5O6. The first kappa shape index (κ1) is 20.3. The summed E-state index contributed by atoms with van der Waals surface area (Å²) in [4.78, 5) is 15.9. The third kappa shape index (κ3) is 3.54. The molecule has 4 atom stereocenters. The van der Waals surface area contributed by atoms with Gasteiger partial charge in [0.2, 0.25) is 5.60 Å². The predicted molar refractivity (Wildman–Crippen MR) is 101 cm³/mol. The summed E-state index contributed by atoms with van der Waals surface area (Å²) < 4.78 is 17.5. The van der Waals surface area contributed by atoms with Gasteiger partial charge in [0.25, 0.3) is 0 Å². The summed E-state index contributed by atoms with van der Waals surface area (Å²) >= 11 is 0. The van der Waals surface area contributed by atoms with Crippen LogP contribution in [-0.2, 0) is 14.2 Å². The van der Waals surface area contributed by atoms with Gasteiger partial charge in [0, 0.05) is 0 Å². The van der Waals surface area contributed by atoms with Gasteiger partial charge in [-0.2, -0.15) is 10.4 Å². The van der Waals surface area contributed by atoms with E-state index in [1.165, 1.54) is 10.8 Å². The van der Waals surface area contributed by atoms with Crippen LogP contribution in [0.1, 0.15) is 43.9 Å². The van der Waals surface area contributed by atoms with Gasteiger partial charge < -0.3 is 30.2 Å². The van der Waals surface area contributed by atoms with Crippen molar-refractivity contribution in [2.45, 2.75) is 62.1 Å². The van der Waals surface area contributed by atoms with Gasteiger partial charge in [-0.25, -0.2) is 14.3 Å². The summed E-state index contributed by atoms with van der Waals surface area (Å²) in [6.07, 6.45) is 0.515. The number of hydrogen-bond donors (Lipinski definition) is 3. The molecule has 160 valence electrons. The van der Waals surface area contributed by atoms with Gasteiger partial charge in [-0.3, -0.25) is 0 Å². The van der Waals surface area contributed by atoms with E-state index in [2.05, 4.69) is 10.1 Å². The molecule has 11 nitrogen and oxygen atoms in total. The Hall–Kier alpha value is -2.94. The molecule has 3 heterocycles. The number of nitriles is 1. The third-order valence-corrected chi connectivity index (χ3v) is 5.66. The van der Waals surface area contributed by atoms with Crippen molar-refractivity contribution in [1.82, 2.24) is 14.6 Å². The van der Waals surface area contributed by atoms with Gasteiger partial charge in [-0.1, -0.05) is 6.42 Å². The standard InChI is InChI=1S/C19H23N5O6/c20-8-19(9-28-18(27)29-11-4-2-1-3-5-11)16(26)14(25)15(30-19)12-6-7-13-17(21)22-10-23-24(12)13/h6-7,10-11,14-16,25-26H,1-5,9H2,(H2,21,22,23)/t14-,15?,16-,19+/m0/s1. The van der Waals surface area contributed by atoms with Crippen molar-refractivity contribution in [3.8, 4) is 6.07 Å². The van der Waals surface area contributed by atoms with Crippen molar-refractivity contribution in [2.24, 2.45) is 0 Å². The quantitative estimate of drug-likeness (QED) is 0.607. The summed E-state index contributed by atoms with van der Waals surface area (Å²) in [7, 11) is 0. The number of nitrogen functional groups attached to an aromatic ring is 1. The Balaban J connectivity index is 1.49. The Bertz CT molecular complexity index is 968. The highest BCUT2D eigenvalue weighted by molar-refractivity contribution is 5.65. The van der Waals surface area contributed by atoms with E-state index < -0.39 is 36.7 Å². The zero-order valence-corrected chi connectivity index (χ0v) is 16.2. The van der Waals surface area contributed by atoms with Crippen LogP contribution in [0, 0.1) is 11.3 Å². The van der Waals surface area contributed by atoms with Crippen molar-refractivity contribution in [2.75, 3.05) is 12.3 Å². The molecule has 0 spiro atoms. The highest BCUT2D eigenvalue weighted by Gasteiger charge is 2.57. The van der Waals surface area contributed by atoms with E-state index in [-0.39, 0.29) is 11.9 Å². The SMILES string of the molecule is N#C[C@]1(COC(=O)OC2CCCCC2)OC(c2ccc3c(N)ncnn23)[C@H](O)[C@@H]1O. The Kier molecular flexibility index (Phi) is 5.46. The summed E-state index contributed by atoms with van der Waals surface area (Å²) in [6.45, 7) is -0.593. The van der Waals surface area contributed by atoms with Crippen LogP contribution >= 0.6 is 0 Å². The van der Waals surface area contributed by atoms with Crippen LogP contribution in [0.5, 0.6) is 0 Å². The molecular weight excluding hydrogens is 394 g/mol. The average molecular weight is 417 g/mol. The third-order valence-electron chi connectivity index (χ3n) is 5.66. The molecule has 2 fully saturated rings. The number of anilines is 1. The van der Waals surface area contributed by atoms with Crippen LogP contribution in [0.2, 0.25) is 0 Å². The lowest BCUT2D eigenvalue weighted by molar-refractivity contribution is -0.0900. The van der Waals surface area contributed by atoms with E-state index in [9.17, 15) is 20.3 Å². The monoisotopic (exact) mass is 417 g/mol. The van der Waals surface area contributed by atoms with Gasteiger partial charge in [-0.05, 0) is 37.8 Å². The number of carbonyl (C=O) groups excluding carboxylic acids is 1. The van der Waals surface area contributed by atoms with Crippen molar-refractivity contribution < 1.29 is 29.2 Å². The minimum Gasteiger partial charge on any atom is -0.431 e. The number of hydrogen-bond acceptors (Lipinski definition) is 10. The van der Waals surface area contributed by atoms with E-state index in [0.29, 0.717) is 11.2 Å². The molecule has 30 heavy (non-hydrogen) atoms. The zero-order chi connectivity index (χ0) is 21.3. The second-order valence-electron chi connectivity index (χ2n) is 7.59. The molecule has 1 saturated heterocycles. The molecule has 2 aromatic heterocycles. The fraction of sp³-hybridized carbons (Fsp3) is 0.579. The fourth-order valence-corrected chi connectivity index (χ4v) is 3.99. The number of fused-ring (bicyclic) bond motifs is 1. The lowest BCUT2D eigenvalue weighted by Gasteiger charge is -2.25. The van der Waals surface area contributed by atoms with E-state index in [4.69, 9.17) is 19.9 Å². The Morgan fingerprint density at radius 3 is 2.87 bits per heavy atom. The highest BCUT2D eigenvalue weighted by atomic mass is 16.7. The summed E-state index contributed by atoms with van der Waals surface area (Å²) in [5, 5.41) is 34.9. The first-order valence-corrected chi connectivity index (χ1v) is 9.82. The zero-order valence-electron chi connectivity index (χ0n) is 16.2. The Morgan fingerprint density at radius 1 is 1.37 bits per heavy atom. The normalized spacial score (nSPS) is 29.6. The topological polar surface area (TPSA) is 165 Å². The molecule has 1 unspecified atom stereocenters. The summed E-state index contributed by atoms with van der Waals surface area (Å²) in [5.74, 6) is 0.227. The second-order valence-corrected chi connectivity index (χ2v) is 7.59. The first-order valence-electron chi connectivity index (χ1n) is 9.82. The van der Waals surface area contributed by atoms with Crippen LogP contribution in [0.3, 0.4) is 0 Å². The highest BCUT2D eigenvalue weighted by Crippen LogP contribution is 2.40. The van der Waals surface area contributed by atoms with Gasteiger partial charge in [0.05, 0.1) is 5.69 Å². The van der Waals surface area contributed by atoms with E-state index in [0.717, 1.165) is 32.1 Å². The van der Waals surface area contributed by atoms with E-state index in [1.807, 2.05) is 6.07 Å². The molecule has 11 heteroatoms. The van der Waals surface area contributed by atoms with Crippen LogP contribution < -0.4 is 5.73 Å².